The van der Waals surface area contributed by atoms with Crippen molar-refractivity contribution >= 4 is 5.69 Å². The highest BCUT2D eigenvalue weighted by Crippen LogP contribution is 2.29. The van der Waals surface area contributed by atoms with E-state index >= 15 is 0 Å². The molecule has 0 saturated carbocycles. The summed E-state index contributed by atoms with van der Waals surface area (Å²) in [5, 5.41) is 7.95. The Hall–Kier alpha value is -1.77. The van der Waals surface area contributed by atoms with Gasteiger partial charge in [-0.05, 0) is 31.2 Å². The van der Waals surface area contributed by atoms with Crippen LogP contribution in [0, 0.1) is 6.92 Å². The largest absolute Gasteiger partial charge is 0.380 e. The van der Waals surface area contributed by atoms with Crippen molar-refractivity contribution in [1.29, 1.82) is 0 Å². The second-order valence-corrected chi connectivity index (χ2v) is 6.30. The molecule has 1 N–H and O–H groups in total. The number of hydrogen-bond donors (Lipinski definition) is 1. The first-order chi connectivity index (χ1) is 9.38. The first kappa shape index (κ1) is 14.6. The van der Waals surface area contributed by atoms with Crippen LogP contribution in [0.2, 0.25) is 0 Å². The number of hydrogen-bond acceptors (Lipinski definition) is 2. The molecule has 2 rings (SSSR count). The van der Waals surface area contributed by atoms with Crippen LogP contribution in [-0.4, -0.2) is 15.8 Å². The maximum Gasteiger partial charge on any atom is 0.0825 e. The molecule has 108 valence electrons. The van der Waals surface area contributed by atoms with Gasteiger partial charge < -0.3 is 5.32 Å². The number of rotatable bonds is 5. The van der Waals surface area contributed by atoms with Gasteiger partial charge in [-0.2, -0.15) is 5.10 Å². The third kappa shape index (κ3) is 3.41. The lowest BCUT2D eigenvalue weighted by molar-refractivity contribution is 0.450. The van der Waals surface area contributed by atoms with Crippen molar-refractivity contribution < 1.29 is 0 Å². The van der Waals surface area contributed by atoms with E-state index in [2.05, 4.69) is 61.5 Å². The maximum absolute atomic E-state index is 4.37. The summed E-state index contributed by atoms with van der Waals surface area (Å²) in [7, 11) is 1.96. The van der Waals surface area contributed by atoms with Crippen LogP contribution in [-0.2, 0) is 12.5 Å². The van der Waals surface area contributed by atoms with Gasteiger partial charge in [-0.3, -0.25) is 4.68 Å². The molecule has 1 heterocycles. The third-order valence-electron chi connectivity index (χ3n) is 3.79. The summed E-state index contributed by atoms with van der Waals surface area (Å²) < 4.78 is 1.85. The molecule has 3 heteroatoms. The number of nitrogens with zero attached hydrogens (tertiary/aromatic N) is 2. The minimum atomic E-state index is 0.157. The summed E-state index contributed by atoms with van der Waals surface area (Å²) in [6.45, 7) is 8.88. The molecule has 2 aromatic rings. The van der Waals surface area contributed by atoms with Crippen LogP contribution in [0.3, 0.4) is 0 Å². The molecule has 1 unspecified atom stereocenters. The van der Waals surface area contributed by atoms with Crippen LogP contribution in [0.25, 0.3) is 0 Å². The molecule has 1 atom stereocenters. The summed E-state index contributed by atoms with van der Waals surface area (Å²) in [6, 6.07) is 11.1. The molecule has 0 radical (unpaired) electrons. The number of aryl methyl sites for hydroxylation is 2. The number of aromatic nitrogens is 2. The monoisotopic (exact) mass is 271 g/mol. The van der Waals surface area contributed by atoms with E-state index in [1.54, 1.807) is 0 Å². The Labute approximate surface area is 122 Å². The van der Waals surface area contributed by atoms with Gasteiger partial charge in [0.05, 0.1) is 11.4 Å². The Morgan fingerprint density at radius 1 is 1.25 bits per heavy atom. The highest BCUT2D eigenvalue weighted by Gasteiger charge is 2.23. The van der Waals surface area contributed by atoms with Crippen molar-refractivity contribution in [2.75, 3.05) is 5.32 Å². The Morgan fingerprint density at radius 2 is 1.90 bits per heavy atom. The second kappa shape index (κ2) is 5.70. The Morgan fingerprint density at radius 3 is 2.45 bits per heavy atom. The molecule has 0 aliphatic carbocycles. The molecule has 0 aliphatic rings. The summed E-state index contributed by atoms with van der Waals surface area (Å²) in [5.41, 5.74) is 3.72. The lowest BCUT2D eigenvalue weighted by Crippen LogP contribution is -2.27. The molecule has 3 nitrogen and oxygen atoms in total. The van der Waals surface area contributed by atoms with Gasteiger partial charge in [0, 0.05) is 19.3 Å². The van der Waals surface area contributed by atoms with Gasteiger partial charge in [0.1, 0.15) is 0 Å². The lowest BCUT2D eigenvalue weighted by atomic mass is 9.79. The topological polar surface area (TPSA) is 29.9 Å². The zero-order chi connectivity index (χ0) is 14.8. The predicted octanol–water partition coefficient (Wildman–Crippen LogP) is 3.90. The second-order valence-electron chi connectivity index (χ2n) is 6.30. The van der Waals surface area contributed by atoms with Crippen LogP contribution in [0.5, 0.6) is 0 Å². The van der Waals surface area contributed by atoms with Crippen molar-refractivity contribution in [2.45, 2.75) is 45.6 Å². The third-order valence-corrected chi connectivity index (χ3v) is 3.79. The fraction of sp³-hybridized carbons (Fsp3) is 0.471. The molecule has 0 fully saturated rings. The molecule has 0 spiro atoms. The Kier molecular flexibility index (Phi) is 4.17. The molecule has 0 amide bonds. The summed E-state index contributed by atoms with van der Waals surface area (Å²) >= 11 is 0. The SMILES string of the molecule is Cc1nn(C)cc1NC(C)CC(C)(C)c1ccccc1. The van der Waals surface area contributed by atoms with Crippen molar-refractivity contribution in [3.63, 3.8) is 0 Å². The molecule has 20 heavy (non-hydrogen) atoms. The Bertz CT molecular complexity index is 555. The van der Waals surface area contributed by atoms with Crippen LogP contribution >= 0.6 is 0 Å². The minimum Gasteiger partial charge on any atom is -0.380 e. The van der Waals surface area contributed by atoms with Gasteiger partial charge in [0.2, 0.25) is 0 Å². The van der Waals surface area contributed by atoms with Gasteiger partial charge in [-0.1, -0.05) is 44.2 Å². The van der Waals surface area contributed by atoms with E-state index in [4.69, 9.17) is 0 Å². The quantitative estimate of drug-likeness (QED) is 0.894. The molecule has 1 aromatic heterocycles. The molecular weight excluding hydrogens is 246 g/mol. The molecule has 0 bridgehead atoms. The molecule has 0 aliphatic heterocycles. The number of benzene rings is 1. The zero-order valence-corrected chi connectivity index (χ0v) is 13.1. The Balaban J connectivity index is 2.04. The minimum absolute atomic E-state index is 0.157. The van der Waals surface area contributed by atoms with Gasteiger partial charge in [0.15, 0.2) is 0 Å². The van der Waals surface area contributed by atoms with E-state index in [9.17, 15) is 0 Å². The van der Waals surface area contributed by atoms with Gasteiger partial charge in [-0.25, -0.2) is 0 Å². The molecule has 1 aromatic carbocycles. The highest BCUT2D eigenvalue weighted by atomic mass is 15.3. The van der Waals surface area contributed by atoms with E-state index in [0.717, 1.165) is 17.8 Å². The van der Waals surface area contributed by atoms with Crippen molar-refractivity contribution in [2.24, 2.45) is 7.05 Å². The van der Waals surface area contributed by atoms with Gasteiger partial charge in [0.25, 0.3) is 0 Å². The average Bonchev–Trinajstić information content (AvgIpc) is 2.68. The fourth-order valence-electron chi connectivity index (χ4n) is 2.83. The van der Waals surface area contributed by atoms with Gasteiger partial charge in [-0.15, -0.1) is 0 Å². The van der Waals surface area contributed by atoms with E-state index < -0.39 is 0 Å². The summed E-state index contributed by atoms with van der Waals surface area (Å²) in [6.07, 6.45) is 3.12. The number of nitrogens with one attached hydrogen (secondary N) is 1. The molecule has 0 saturated heterocycles. The first-order valence-corrected chi connectivity index (χ1v) is 7.21. The fourth-order valence-corrected chi connectivity index (χ4v) is 2.83. The predicted molar refractivity (Wildman–Crippen MR) is 85.1 cm³/mol. The van der Waals surface area contributed by atoms with Crippen LogP contribution in [0.1, 0.15) is 38.4 Å². The van der Waals surface area contributed by atoms with E-state index in [1.807, 2.05) is 24.9 Å². The van der Waals surface area contributed by atoms with Gasteiger partial charge >= 0.3 is 0 Å². The van der Waals surface area contributed by atoms with E-state index in [0.29, 0.717) is 6.04 Å². The van der Waals surface area contributed by atoms with Crippen LogP contribution in [0.15, 0.2) is 36.5 Å². The lowest BCUT2D eigenvalue weighted by Gasteiger charge is -2.29. The van der Waals surface area contributed by atoms with E-state index in [-0.39, 0.29) is 5.41 Å². The van der Waals surface area contributed by atoms with Crippen LogP contribution in [0.4, 0.5) is 5.69 Å². The highest BCUT2D eigenvalue weighted by molar-refractivity contribution is 5.46. The first-order valence-electron chi connectivity index (χ1n) is 7.21. The number of anilines is 1. The smallest absolute Gasteiger partial charge is 0.0825 e. The standard InChI is InChI=1S/C17H25N3/c1-13(18-16-12-20(5)19-14(16)2)11-17(3,4)15-9-7-6-8-10-15/h6-10,12-13,18H,11H2,1-5H3. The normalized spacial score (nSPS) is 13.2. The maximum atomic E-state index is 4.37. The molecular formula is C17H25N3. The van der Waals surface area contributed by atoms with Crippen LogP contribution < -0.4 is 5.32 Å². The van der Waals surface area contributed by atoms with Crippen molar-refractivity contribution in [1.82, 2.24) is 9.78 Å². The summed E-state index contributed by atoms with van der Waals surface area (Å²) in [4.78, 5) is 0. The summed E-state index contributed by atoms with van der Waals surface area (Å²) in [5.74, 6) is 0. The average molecular weight is 271 g/mol. The zero-order valence-electron chi connectivity index (χ0n) is 13.1. The van der Waals surface area contributed by atoms with E-state index in [1.165, 1.54) is 5.56 Å². The van der Waals surface area contributed by atoms with Crippen molar-refractivity contribution in [3.8, 4) is 0 Å². The van der Waals surface area contributed by atoms with Crippen molar-refractivity contribution in [3.05, 3.63) is 47.8 Å².